The Kier molecular flexibility index (Phi) is 5.82. The van der Waals surface area contributed by atoms with E-state index in [1.54, 1.807) is 0 Å². The van der Waals surface area contributed by atoms with Crippen molar-refractivity contribution in [2.75, 3.05) is 5.32 Å². The second-order valence-electron chi connectivity index (χ2n) is 5.04. The van der Waals surface area contributed by atoms with E-state index in [1.807, 2.05) is 48.5 Å². The van der Waals surface area contributed by atoms with Crippen molar-refractivity contribution in [3.05, 3.63) is 64.7 Å². The molecule has 0 aliphatic rings. The molecule has 0 spiro atoms. The molecule has 110 valence electrons. The molecule has 3 heteroatoms. The molecule has 1 N–H and O–H groups in total. The molecule has 2 nitrogen and oxygen atoms in total. The van der Waals surface area contributed by atoms with Crippen molar-refractivity contribution in [2.45, 2.75) is 32.6 Å². The molecular formula is C18H20ClNO. The van der Waals surface area contributed by atoms with E-state index in [0.717, 1.165) is 30.0 Å². The first-order chi connectivity index (χ1) is 10.2. The molecule has 2 aromatic rings. The fourth-order valence-electron chi connectivity index (χ4n) is 2.27. The van der Waals surface area contributed by atoms with Gasteiger partial charge in [-0.25, -0.2) is 0 Å². The first kappa shape index (κ1) is 15.6. The quantitative estimate of drug-likeness (QED) is 0.811. The van der Waals surface area contributed by atoms with Crippen LogP contribution in [0.1, 0.15) is 30.9 Å². The molecule has 1 amide bonds. The first-order valence-electron chi connectivity index (χ1n) is 7.31. The number of rotatable bonds is 6. The number of hydrogen-bond donors (Lipinski definition) is 1. The van der Waals surface area contributed by atoms with Crippen LogP contribution in [0.3, 0.4) is 0 Å². The molecule has 0 heterocycles. The highest BCUT2D eigenvalue weighted by atomic mass is 35.5. The summed E-state index contributed by atoms with van der Waals surface area (Å²) in [5.74, 6) is 0.0739. The van der Waals surface area contributed by atoms with Crippen LogP contribution >= 0.6 is 11.6 Å². The van der Waals surface area contributed by atoms with Crippen LogP contribution in [0.2, 0.25) is 5.02 Å². The van der Waals surface area contributed by atoms with Crippen LogP contribution < -0.4 is 5.32 Å². The Hall–Kier alpha value is -1.80. The highest BCUT2D eigenvalue weighted by molar-refractivity contribution is 6.30. The molecule has 21 heavy (non-hydrogen) atoms. The van der Waals surface area contributed by atoms with Crippen LogP contribution in [0.25, 0.3) is 0 Å². The largest absolute Gasteiger partial charge is 0.326 e. The lowest BCUT2D eigenvalue weighted by molar-refractivity contribution is -0.116. The van der Waals surface area contributed by atoms with Crippen molar-refractivity contribution in [2.24, 2.45) is 0 Å². The van der Waals surface area contributed by atoms with E-state index in [9.17, 15) is 4.79 Å². The number of hydrogen-bond acceptors (Lipinski definition) is 1. The van der Waals surface area contributed by atoms with Crippen molar-refractivity contribution in [1.29, 1.82) is 0 Å². The Bertz CT molecular complexity index is 592. The lowest BCUT2D eigenvalue weighted by Gasteiger charge is -2.09. The Labute approximate surface area is 131 Å². The molecule has 0 aromatic heterocycles. The van der Waals surface area contributed by atoms with Crippen molar-refractivity contribution < 1.29 is 4.79 Å². The third kappa shape index (κ3) is 4.91. The van der Waals surface area contributed by atoms with E-state index in [-0.39, 0.29) is 5.91 Å². The number of nitrogens with one attached hydrogen (secondary N) is 1. The number of para-hydroxylation sites is 1. The molecule has 0 radical (unpaired) electrons. The SMILES string of the molecule is CCc1ccccc1NC(=O)CCCc1ccc(Cl)cc1. The van der Waals surface area contributed by atoms with Gasteiger partial charge >= 0.3 is 0 Å². The molecule has 0 fully saturated rings. The van der Waals surface area contributed by atoms with Gasteiger partial charge in [0.05, 0.1) is 0 Å². The summed E-state index contributed by atoms with van der Waals surface area (Å²) in [6.45, 7) is 2.09. The molecule has 2 aromatic carbocycles. The van der Waals surface area contributed by atoms with E-state index in [0.29, 0.717) is 6.42 Å². The zero-order valence-electron chi connectivity index (χ0n) is 12.2. The molecule has 0 aliphatic heterocycles. The van der Waals surface area contributed by atoms with Gasteiger partial charge in [-0.3, -0.25) is 4.79 Å². The predicted molar refractivity (Wildman–Crippen MR) is 88.8 cm³/mol. The van der Waals surface area contributed by atoms with Gasteiger partial charge in [0.1, 0.15) is 0 Å². The Morgan fingerprint density at radius 2 is 1.81 bits per heavy atom. The summed E-state index contributed by atoms with van der Waals surface area (Å²) in [7, 11) is 0. The Morgan fingerprint density at radius 3 is 2.52 bits per heavy atom. The van der Waals surface area contributed by atoms with Crippen LogP contribution in [0.4, 0.5) is 5.69 Å². The van der Waals surface area contributed by atoms with Crippen molar-refractivity contribution in [3.8, 4) is 0 Å². The standard InChI is InChI=1S/C18H20ClNO/c1-2-15-7-3-4-8-17(15)20-18(21)9-5-6-14-10-12-16(19)13-11-14/h3-4,7-8,10-13H,2,5-6,9H2,1H3,(H,20,21). The fourth-order valence-corrected chi connectivity index (χ4v) is 2.39. The van der Waals surface area contributed by atoms with Crippen molar-refractivity contribution >= 4 is 23.2 Å². The highest BCUT2D eigenvalue weighted by Crippen LogP contribution is 2.16. The van der Waals surface area contributed by atoms with Gasteiger partial charge in [0, 0.05) is 17.1 Å². The van der Waals surface area contributed by atoms with Crippen LogP contribution in [0.15, 0.2) is 48.5 Å². The topological polar surface area (TPSA) is 29.1 Å². The third-order valence-electron chi connectivity index (χ3n) is 3.45. The van der Waals surface area contributed by atoms with Gasteiger partial charge in [-0.1, -0.05) is 48.9 Å². The Morgan fingerprint density at radius 1 is 1.10 bits per heavy atom. The number of halogens is 1. The van der Waals surface area contributed by atoms with Gasteiger partial charge in [0.15, 0.2) is 0 Å². The maximum absolute atomic E-state index is 12.0. The molecular weight excluding hydrogens is 282 g/mol. The van der Waals surface area contributed by atoms with Crippen LogP contribution in [0.5, 0.6) is 0 Å². The van der Waals surface area contributed by atoms with E-state index >= 15 is 0 Å². The number of aryl methyl sites for hydroxylation is 2. The van der Waals surface area contributed by atoms with Gasteiger partial charge in [0.2, 0.25) is 5.91 Å². The van der Waals surface area contributed by atoms with Crippen LogP contribution in [-0.4, -0.2) is 5.91 Å². The third-order valence-corrected chi connectivity index (χ3v) is 3.71. The number of amides is 1. The summed E-state index contributed by atoms with van der Waals surface area (Å²) in [5, 5.41) is 3.74. The molecule has 0 unspecified atom stereocenters. The molecule has 0 saturated carbocycles. The maximum atomic E-state index is 12.0. The van der Waals surface area contributed by atoms with E-state index in [4.69, 9.17) is 11.6 Å². The van der Waals surface area contributed by atoms with Crippen LogP contribution in [-0.2, 0) is 17.6 Å². The summed E-state index contributed by atoms with van der Waals surface area (Å²) in [5.41, 5.74) is 3.31. The molecule has 0 aliphatic carbocycles. The average Bonchev–Trinajstić information content (AvgIpc) is 2.50. The fraction of sp³-hybridized carbons (Fsp3) is 0.278. The zero-order valence-corrected chi connectivity index (χ0v) is 13.0. The van der Waals surface area contributed by atoms with Crippen molar-refractivity contribution in [3.63, 3.8) is 0 Å². The maximum Gasteiger partial charge on any atom is 0.224 e. The average molecular weight is 302 g/mol. The number of carbonyl (C=O) groups is 1. The van der Waals surface area contributed by atoms with E-state index in [1.165, 1.54) is 11.1 Å². The van der Waals surface area contributed by atoms with Gasteiger partial charge in [-0.2, -0.15) is 0 Å². The minimum atomic E-state index is 0.0739. The lowest BCUT2D eigenvalue weighted by atomic mass is 10.1. The summed E-state index contributed by atoms with van der Waals surface area (Å²) in [6.07, 6.45) is 3.17. The summed E-state index contributed by atoms with van der Waals surface area (Å²) >= 11 is 5.85. The molecule has 2 rings (SSSR count). The summed E-state index contributed by atoms with van der Waals surface area (Å²) in [4.78, 5) is 12.0. The van der Waals surface area contributed by atoms with E-state index in [2.05, 4.69) is 12.2 Å². The molecule has 0 saturated heterocycles. The molecule has 0 bridgehead atoms. The Balaban J connectivity index is 1.81. The highest BCUT2D eigenvalue weighted by Gasteiger charge is 2.05. The van der Waals surface area contributed by atoms with Crippen molar-refractivity contribution in [1.82, 2.24) is 0 Å². The van der Waals surface area contributed by atoms with Gasteiger partial charge in [0.25, 0.3) is 0 Å². The minimum absolute atomic E-state index is 0.0739. The zero-order chi connectivity index (χ0) is 15.1. The second kappa shape index (κ2) is 7.84. The number of benzene rings is 2. The predicted octanol–water partition coefficient (Wildman–Crippen LogP) is 4.86. The van der Waals surface area contributed by atoms with Crippen LogP contribution in [0, 0.1) is 0 Å². The van der Waals surface area contributed by atoms with Gasteiger partial charge in [-0.05, 0) is 48.6 Å². The number of anilines is 1. The minimum Gasteiger partial charge on any atom is -0.326 e. The first-order valence-corrected chi connectivity index (χ1v) is 7.69. The second-order valence-corrected chi connectivity index (χ2v) is 5.48. The smallest absolute Gasteiger partial charge is 0.224 e. The van der Waals surface area contributed by atoms with E-state index < -0.39 is 0 Å². The van der Waals surface area contributed by atoms with Gasteiger partial charge < -0.3 is 5.32 Å². The monoisotopic (exact) mass is 301 g/mol. The summed E-state index contributed by atoms with van der Waals surface area (Å²) in [6, 6.07) is 15.7. The van der Waals surface area contributed by atoms with Gasteiger partial charge in [-0.15, -0.1) is 0 Å². The molecule has 0 atom stereocenters. The lowest BCUT2D eigenvalue weighted by Crippen LogP contribution is -2.12. The normalized spacial score (nSPS) is 10.4. The summed E-state index contributed by atoms with van der Waals surface area (Å²) < 4.78 is 0. The number of carbonyl (C=O) groups excluding carboxylic acids is 1.